The van der Waals surface area contributed by atoms with Crippen LogP contribution in [0.25, 0.3) is 6.08 Å². The van der Waals surface area contributed by atoms with Gasteiger partial charge in [0, 0.05) is 17.8 Å². The van der Waals surface area contributed by atoms with Gasteiger partial charge in [0.05, 0.1) is 0 Å². The van der Waals surface area contributed by atoms with Gasteiger partial charge >= 0.3 is 6.09 Å². The van der Waals surface area contributed by atoms with E-state index in [4.69, 9.17) is 16.3 Å². The van der Waals surface area contributed by atoms with Crippen LogP contribution in [0.2, 0.25) is 5.15 Å². The summed E-state index contributed by atoms with van der Waals surface area (Å²) in [6.45, 7) is 0.149. The molecule has 2 heterocycles. The highest BCUT2D eigenvalue weighted by Gasteiger charge is 2.37. The Morgan fingerprint density at radius 3 is 2.78 bits per heavy atom. The highest BCUT2D eigenvalue weighted by atomic mass is 35.5. The monoisotopic (exact) mass is 328 g/mol. The number of amides is 2. The van der Waals surface area contributed by atoms with Gasteiger partial charge in [-0.05, 0) is 17.7 Å². The third-order valence-corrected chi connectivity index (χ3v) is 3.80. The van der Waals surface area contributed by atoms with Crippen molar-refractivity contribution in [2.45, 2.75) is 6.04 Å². The minimum Gasteiger partial charge on any atom is -0.446 e. The summed E-state index contributed by atoms with van der Waals surface area (Å²) in [5, 5.41) is 0.292. The first-order valence-electron chi connectivity index (χ1n) is 7.00. The van der Waals surface area contributed by atoms with Crippen LogP contribution in [0, 0.1) is 0 Å². The zero-order chi connectivity index (χ0) is 16.2. The lowest BCUT2D eigenvalue weighted by molar-refractivity contribution is -0.124. The molecule has 116 valence electrons. The zero-order valence-electron chi connectivity index (χ0n) is 12.1. The Bertz CT molecular complexity index is 761. The van der Waals surface area contributed by atoms with E-state index in [9.17, 15) is 9.59 Å². The molecule has 0 aliphatic carbocycles. The summed E-state index contributed by atoms with van der Waals surface area (Å²) in [4.78, 5) is 29.3. The molecule has 2 amide bonds. The van der Waals surface area contributed by atoms with Crippen molar-refractivity contribution in [2.24, 2.45) is 0 Å². The molecule has 3 rings (SSSR count). The number of halogens is 1. The first kappa shape index (κ1) is 15.2. The quantitative estimate of drug-likeness (QED) is 0.639. The number of pyridine rings is 1. The van der Waals surface area contributed by atoms with Crippen LogP contribution in [-0.2, 0) is 9.53 Å². The van der Waals surface area contributed by atoms with Crippen LogP contribution in [0.1, 0.15) is 17.2 Å². The standard InChI is InChI=1S/C17H13ClN2O3/c18-16-13(7-4-10-19-16)8-9-15(21)20-14(11-23-17(20)22)12-5-2-1-3-6-12/h1-10,14H,11H2/b9-8+/t14-/m1/s1. The lowest BCUT2D eigenvalue weighted by Crippen LogP contribution is -2.32. The largest absolute Gasteiger partial charge is 0.446 e. The number of carbonyl (C=O) groups is 2. The normalized spacial score (nSPS) is 17.5. The number of hydrogen-bond acceptors (Lipinski definition) is 4. The minimum atomic E-state index is -0.647. The van der Waals surface area contributed by atoms with Gasteiger partial charge in [0.1, 0.15) is 17.8 Å². The van der Waals surface area contributed by atoms with E-state index in [0.29, 0.717) is 10.7 Å². The van der Waals surface area contributed by atoms with Gasteiger partial charge in [0.2, 0.25) is 0 Å². The topological polar surface area (TPSA) is 59.5 Å². The van der Waals surface area contributed by atoms with Crippen LogP contribution in [-0.4, -0.2) is 28.5 Å². The van der Waals surface area contributed by atoms with E-state index in [1.807, 2.05) is 30.3 Å². The third-order valence-electron chi connectivity index (χ3n) is 3.49. The summed E-state index contributed by atoms with van der Waals surface area (Å²) in [6, 6.07) is 12.3. The Morgan fingerprint density at radius 2 is 2.04 bits per heavy atom. The van der Waals surface area contributed by atoms with Gasteiger partial charge in [-0.25, -0.2) is 14.7 Å². The van der Waals surface area contributed by atoms with Crippen molar-refractivity contribution in [1.82, 2.24) is 9.88 Å². The van der Waals surface area contributed by atoms with Crippen molar-refractivity contribution in [1.29, 1.82) is 0 Å². The number of hydrogen-bond donors (Lipinski definition) is 0. The average molecular weight is 329 g/mol. The maximum absolute atomic E-state index is 12.4. The molecule has 0 unspecified atom stereocenters. The molecule has 0 spiro atoms. The zero-order valence-corrected chi connectivity index (χ0v) is 12.8. The fraction of sp³-hybridized carbons (Fsp3) is 0.118. The molecular formula is C17H13ClN2O3. The molecule has 1 saturated heterocycles. The lowest BCUT2D eigenvalue weighted by Gasteiger charge is -2.18. The number of nitrogens with zero attached hydrogens (tertiary/aromatic N) is 2. The molecule has 2 aromatic rings. The predicted molar refractivity (Wildman–Crippen MR) is 85.7 cm³/mol. The number of ether oxygens (including phenoxy) is 1. The molecule has 1 aromatic carbocycles. The number of aromatic nitrogens is 1. The van der Waals surface area contributed by atoms with Crippen LogP contribution in [0.5, 0.6) is 0 Å². The van der Waals surface area contributed by atoms with E-state index in [0.717, 1.165) is 10.5 Å². The summed E-state index contributed by atoms with van der Waals surface area (Å²) < 4.78 is 5.02. The van der Waals surface area contributed by atoms with Crippen molar-refractivity contribution in [3.63, 3.8) is 0 Å². The Balaban J connectivity index is 1.82. The van der Waals surface area contributed by atoms with Crippen molar-refractivity contribution >= 4 is 29.7 Å². The van der Waals surface area contributed by atoms with Crippen LogP contribution in [0.3, 0.4) is 0 Å². The van der Waals surface area contributed by atoms with Crippen LogP contribution < -0.4 is 0 Å². The predicted octanol–water partition coefficient (Wildman–Crippen LogP) is 3.47. The maximum Gasteiger partial charge on any atom is 0.417 e. The van der Waals surface area contributed by atoms with E-state index < -0.39 is 18.0 Å². The molecule has 0 saturated carbocycles. The molecule has 1 aliphatic heterocycles. The summed E-state index contributed by atoms with van der Waals surface area (Å²) in [5.41, 5.74) is 1.45. The van der Waals surface area contributed by atoms with E-state index in [2.05, 4.69) is 4.98 Å². The van der Waals surface area contributed by atoms with E-state index in [1.165, 1.54) is 12.2 Å². The van der Waals surface area contributed by atoms with Crippen molar-refractivity contribution in [3.8, 4) is 0 Å². The van der Waals surface area contributed by atoms with Crippen molar-refractivity contribution in [2.75, 3.05) is 6.61 Å². The molecule has 23 heavy (non-hydrogen) atoms. The third kappa shape index (κ3) is 3.24. The highest BCUT2D eigenvalue weighted by molar-refractivity contribution is 6.30. The van der Waals surface area contributed by atoms with E-state index in [1.54, 1.807) is 18.3 Å². The van der Waals surface area contributed by atoms with Gasteiger partial charge in [-0.3, -0.25) is 4.79 Å². The first-order chi connectivity index (χ1) is 11.2. The van der Waals surface area contributed by atoms with Gasteiger partial charge in [-0.1, -0.05) is 48.0 Å². The Morgan fingerprint density at radius 1 is 1.26 bits per heavy atom. The number of cyclic esters (lactones) is 1. The Hall–Kier alpha value is -2.66. The molecule has 1 aliphatic rings. The van der Waals surface area contributed by atoms with Crippen molar-refractivity contribution in [3.05, 3.63) is 71.0 Å². The maximum atomic E-state index is 12.4. The second-order valence-electron chi connectivity index (χ2n) is 4.93. The smallest absolute Gasteiger partial charge is 0.417 e. The van der Waals surface area contributed by atoms with Gasteiger partial charge in [0.25, 0.3) is 5.91 Å². The average Bonchev–Trinajstić information content (AvgIpc) is 2.96. The lowest BCUT2D eigenvalue weighted by atomic mass is 10.1. The van der Waals surface area contributed by atoms with Gasteiger partial charge in [0.15, 0.2) is 0 Å². The molecule has 6 heteroatoms. The Kier molecular flexibility index (Phi) is 4.39. The second-order valence-corrected chi connectivity index (χ2v) is 5.29. The summed E-state index contributed by atoms with van der Waals surface area (Å²) in [6.07, 6.45) is 3.74. The summed E-state index contributed by atoms with van der Waals surface area (Å²) in [7, 11) is 0. The van der Waals surface area contributed by atoms with Crippen molar-refractivity contribution < 1.29 is 14.3 Å². The molecule has 5 nitrogen and oxygen atoms in total. The van der Waals surface area contributed by atoms with Crippen LogP contribution >= 0.6 is 11.6 Å². The summed E-state index contributed by atoms with van der Waals surface area (Å²) >= 11 is 5.94. The van der Waals surface area contributed by atoms with Gasteiger partial charge in [-0.2, -0.15) is 0 Å². The SMILES string of the molecule is O=C(/C=C/c1cccnc1Cl)N1C(=O)OC[C@@H]1c1ccccc1. The van der Waals surface area contributed by atoms with Crippen LogP contribution in [0.4, 0.5) is 4.79 Å². The molecule has 0 bridgehead atoms. The number of rotatable bonds is 3. The molecule has 1 aromatic heterocycles. The van der Waals surface area contributed by atoms with E-state index >= 15 is 0 Å². The number of imide groups is 1. The van der Waals surface area contributed by atoms with Gasteiger partial charge in [-0.15, -0.1) is 0 Å². The molecule has 1 fully saturated rings. The van der Waals surface area contributed by atoms with E-state index in [-0.39, 0.29) is 6.61 Å². The fourth-order valence-electron chi connectivity index (χ4n) is 2.35. The molecule has 0 N–H and O–H groups in total. The number of carbonyl (C=O) groups excluding carboxylic acids is 2. The molecule has 1 atom stereocenters. The van der Waals surface area contributed by atoms with Gasteiger partial charge < -0.3 is 4.74 Å². The Labute approximate surface area is 138 Å². The second kappa shape index (κ2) is 6.62. The fourth-order valence-corrected chi connectivity index (χ4v) is 2.53. The minimum absolute atomic E-state index is 0.149. The first-order valence-corrected chi connectivity index (χ1v) is 7.38. The molecule has 0 radical (unpaired) electrons. The van der Waals surface area contributed by atoms with Crippen LogP contribution in [0.15, 0.2) is 54.7 Å². The summed E-state index contributed by atoms with van der Waals surface area (Å²) in [5.74, 6) is -0.457. The highest BCUT2D eigenvalue weighted by Crippen LogP contribution is 2.28. The molecular weight excluding hydrogens is 316 g/mol. The number of benzene rings is 1.